The van der Waals surface area contributed by atoms with Gasteiger partial charge in [0.25, 0.3) is 0 Å². The summed E-state index contributed by atoms with van der Waals surface area (Å²) < 4.78 is 2.01. The fourth-order valence-corrected chi connectivity index (χ4v) is 3.14. The fourth-order valence-electron chi connectivity index (χ4n) is 3.14. The molecular weight excluding hydrogens is 276 g/mol. The highest BCUT2D eigenvalue weighted by molar-refractivity contribution is 5.76. The molecule has 22 heavy (non-hydrogen) atoms. The molecule has 0 saturated heterocycles. The van der Waals surface area contributed by atoms with Gasteiger partial charge in [0.05, 0.1) is 17.4 Å². The van der Waals surface area contributed by atoms with E-state index in [0.29, 0.717) is 12.6 Å². The highest BCUT2D eigenvalue weighted by Gasteiger charge is 2.15. The molecule has 0 radical (unpaired) electrons. The zero-order valence-corrected chi connectivity index (χ0v) is 13.1. The topological polar surface area (TPSA) is 59.0 Å². The number of urea groups is 1. The van der Waals surface area contributed by atoms with Gasteiger partial charge >= 0.3 is 6.03 Å². The van der Waals surface area contributed by atoms with E-state index < -0.39 is 0 Å². The SMILES string of the molecule is Cn1cnc2cc(CCNC(=O)NC3CCCCC3)ccc21. The molecule has 1 aliphatic carbocycles. The van der Waals surface area contributed by atoms with Crippen LogP contribution in [0.25, 0.3) is 11.0 Å². The zero-order chi connectivity index (χ0) is 15.4. The van der Waals surface area contributed by atoms with E-state index in [-0.39, 0.29) is 6.03 Å². The summed E-state index contributed by atoms with van der Waals surface area (Å²) in [6.07, 6.45) is 8.64. The molecule has 3 rings (SSSR count). The third kappa shape index (κ3) is 3.59. The van der Waals surface area contributed by atoms with Gasteiger partial charge in [-0.05, 0) is 37.0 Å². The Bertz CT molecular complexity index is 643. The van der Waals surface area contributed by atoms with Crippen molar-refractivity contribution in [3.05, 3.63) is 30.1 Å². The van der Waals surface area contributed by atoms with Crippen molar-refractivity contribution in [1.82, 2.24) is 20.2 Å². The number of rotatable bonds is 4. The second kappa shape index (κ2) is 6.81. The van der Waals surface area contributed by atoms with Crippen molar-refractivity contribution >= 4 is 17.1 Å². The number of benzene rings is 1. The minimum Gasteiger partial charge on any atom is -0.338 e. The number of nitrogens with one attached hydrogen (secondary N) is 2. The first-order valence-corrected chi connectivity index (χ1v) is 8.17. The maximum absolute atomic E-state index is 11.9. The lowest BCUT2D eigenvalue weighted by molar-refractivity contribution is 0.233. The lowest BCUT2D eigenvalue weighted by Crippen LogP contribution is -2.43. The van der Waals surface area contributed by atoms with Gasteiger partial charge in [-0.15, -0.1) is 0 Å². The second-order valence-electron chi connectivity index (χ2n) is 6.16. The summed E-state index contributed by atoms with van der Waals surface area (Å²) in [7, 11) is 1.99. The van der Waals surface area contributed by atoms with E-state index in [2.05, 4.69) is 33.8 Å². The number of amides is 2. The molecule has 5 heteroatoms. The average Bonchev–Trinajstić information content (AvgIpc) is 2.89. The van der Waals surface area contributed by atoms with Crippen molar-refractivity contribution in [1.29, 1.82) is 0 Å². The molecular formula is C17H24N4O. The first-order chi connectivity index (χ1) is 10.7. The Hall–Kier alpha value is -2.04. The highest BCUT2D eigenvalue weighted by Crippen LogP contribution is 2.17. The number of hydrogen-bond acceptors (Lipinski definition) is 2. The van der Waals surface area contributed by atoms with Crippen LogP contribution in [0.4, 0.5) is 4.79 Å². The number of carbonyl (C=O) groups excluding carboxylic acids is 1. The van der Waals surface area contributed by atoms with E-state index >= 15 is 0 Å². The molecule has 118 valence electrons. The number of carbonyl (C=O) groups is 1. The summed E-state index contributed by atoms with van der Waals surface area (Å²) in [6, 6.07) is 6.60. The Morgan fingerprint density at radius 2 is 2.14 bits per heavy atom. The molecule has 0 bridgehead atoms. The van der Waals surface area contributed by atoms with Crippen molar-refractivity contribution in [2.45, 2.75) is 44.6 Å². The van der Waals surface area contributed by atoms with Crippen LogP contribution in [-0.2, 0) is 13.5 Å². The van der Waals surface area contributed by atoms with Gasteiger partial charge in [0.15, 0.2) is 0 Å². The van der Waals surface area contributed by atoms with Crippen LogP contribution in [0.5, 0.6) is 0 Å². The van der Waals surface area contributed by atoms with Gasteiger partial charge in [-0.2, -0.15) is 0 Å². The Morgan fingerprint density at radius 1 is 1.32 bits per heavy atom. The van der Waals surface area contributed by atoms with E-state index in [1.165, 1.54) is 24.8 Å². The van der Waals surface area contributed by atoms with Crippen LogP contribution in [0, 0.1) is 0 Å². The zero-order valence-electron chi connectivity index (χ0n) is 13.1. The van der Waals surface area contributed by atoms with Crippen LogP contribution in [0.15, 0.2) is 24.5 Å². The number of aromatic nitrogens is 2. The van der Waals surface area contributed by atoms with Crippen LogP contribution in [0.1, 0.15) is 37.7 Å². The maximum atomic E-state index is 11.9. The van der Waals surface area contributed by atoms with Gasteiger partial charge in [-0.25, -0.2) is 9.78 Å². The summed E-state index contributed by atoms with van der Waals surface area (Å²) in [4.78, 5) is 16.2. The second-order valence-corrected chi connectivity index (χ2v) is 6.16. The van der Waals surface area contributed by atoms with Crippen molar-refractivity contribution in [3.63, 3.8) is 0 Å². The Labute approximate surface area is 131 Å². The number of nitrogens with zero attached hydrogens (tertiary/aromatic N) is 2. The van der Waals surface area contributed by atoms with Crippen LogP contribution >= 0.6 is 0 Å². The molecule has 0 unspecified atom stereocenters. The third-order valence-corrected chi connectivity index (χ3v) is 4.43. The molecule has 2 N–H and O–H groups in total. The molecule has 1 aromatic heterocycles. The summed E-state index contributed by atoms with van der Waals surface area (Å²) in [5, 5.41) is 6.03. The Kier molecular flexibility index (Phi) is 4.61. The van der Waals surface area contributed by atoms with Crippen LogP contribution in [-0.4, -0.2) is 28.2 Å². The summed E-state index contributed by atoms with van der Waals surface area (Å²) in [6.45, 7) is 0.650. The van der Waals surface area contributed by atoms with Crippen molar-refractivity contribution < 1.29 is 4.79 Å². The van der Waals surface area contributed by atoms with Crippen LogP contribution in [0.2, 0.25) is 0 Å². The van der Waals surface area contributed by atoms with Gasteiger partial charge in [0.1, 0.15) is 0 Å². The first-order valence-electron chi connectivity index (χ1n) is 8.17. The molecule has 1 fully saturated rings. The smallest absolute Gasteiger partial charge is 0.315 e. The van der Waals surface area contributed by atoms with Crippen LogP contribution in [0.3, 0.4) is 0 Å². The largest absolute Gasteiger partial charge is 0.338 e. The van der Waals surface area contributed by atoms with Gasteiger partial charge in [0, 0.05) is 19.6 Å². The summed E-state index contributed by atoms with van der Waals surface area (Å²) in [5.41, 5.74) is 3.34. The number of hydrogen-bond donors (Lipinski definition) is 2. The molecule has 0 spiro atoms. The first kappa shape index (κ1) is 14.9. The minimum absolute atomic E-state index is 0.0363. The van der Waals surface area contributed by atoms with Crippen molar-refractivity contribution in [2.75, 3.05) is 6.54 Å². The molecule has 1 aliphatic rings. The summed E-state index contributed by atoms with van der Waals surface area (Å²) >= 11 is 0. The standard InChI is InChI=1S/C17H24N4O/c1-21-12-19-15-11-13(7-8-16(15)21)9-10-18-17(22)20-14-5-3-2-4-6-14/h7-8,11-12,14H,2-6,9-10H2,1H3,(H2,18,20,22). The summed E-state index contributed by atoms with van der Waals surface area (Å²) in [5.74, 6) is 0. The van der Waals surface area contributed by atoms with Gasteiger partial charge in [-0.3, -0.25) is 0 Å². The van der Waals surface area contributed by atoms with E-state index in [4.69, 9.17) is 0 Å². The van der Waals surface area contributed by atoms with Gasteiger partial charge in [-0.1, -0.05) is 25.3 Å². The third-order valence-electron chi connectivity index (χ3n) is 4.43. The number of fused-ring (bicyclic) bond motifs is 1. The maximum Gasteiger partial charge on any atom is 0.315 e. The molecule has 1 heterocycles. The lowest BCUT2D eigenvalue weighted by atomic mass is 9.96. The van der Waals surface area contributed by atoms with Crippen LogP contribution < -0.4 is 10.6 Å². The fraction of sp³-hybridized carbons (Fsp3) is 0.529. The highest BCUT2D eigenvalue weighted by atomic mass is 16.2. The molecule has 2 amide bonds. The molecule has 0 aliphatic heterocycles. The predicted molar refractivity (Wildman–Crippen MR) is 87.8 cm³/mol. The average molecular weight is 300 g/mol. The Morgan fingerprint density at radius 3 is 2.95 bits per heavy atom. The minimum atomic E-state index is -0.0363. The molecule has 2 aromatic rings. The van der Waals surface area contributed by atoms with Crippen molar-refractivity contribution in [3.8, 4) is 0 Å². The van der Waals surface area contributed by atoms with Gasteiger partial charge in [0.2, 0.25) is 0 Å². The predicted octanol–water partition coefficient (Wildman–Crippen LogP) is 2.75. The monoisotopic (exact) mass is 300 g/mol. The Balaban J connectivity index is 1.46. The van der Waals surface area contributed by atoms with E-state index in [0.717, 1.165) is 30.3 Å². The molecule has 5 nitrogen and oxygen atoms in total. The lowest BCUT2D eigenvalue weighted by Gasteiger charge is -2.22. The molecule has 0 atom stereocenters. The van der Waals surface area contributed by atoms with Gasteiger partial charge < -0.3 is 15.2 Å². The quantitative estimate of drug-likeness (QED) is 0.912. The molecule has 1 saturated carbocycles. The van der Waals surface area contributed by atoms with Crippen molar-refractivity contribution in [2.24, 2.45) is 7.05 Å². The number of aryl methyl sites for hydroxylation is 1. The molecule has 1 aromatic carbocycles. The van der Waals surface area contributed by atoms with E-state index in [1.54, 1.807) is 0 Å². The van der Waals surface area contributed by atoms with E-state index in [9.17, 15) is 4.79 Å². The van der Waals surface area contributed by atoms with E-state index in [1.807, 2.05) is 17.9 Å². The normalized spacial score (nSPS) is 15.9. The number of imidazole rings is 1.